The Kier molecular flexibility index (Phi) is 12.0. The lowest BCUT2D eigenvalue weighted by molar-refractivity contribution is -0.133. The van der Waals surface area contributed by atoms with E-state index in [2.05, 4.69) is 11.8 Å². The number of benzene rings is 1. The van der Waals surface area contributed by atoms with E-state index in [0.29, 0.717) is 18.4 Å². The largest absolute Gasteiger partial charge is 0.340 e. The molecule has 0 aromatic heterocycles. The van der Waals surface area contributed by atoms with Crippen molar-refractivity contribution in [2.24, 2.45) is 0 Å². The lowest BCUT2D eigenvalue weighted by Gasteiger charge is -2.34. The van der Waals surface area contributed by atoms with Gasteiger partial charge in [0, 0.05) is 44.6 Å². The van der Waals surface area contributed by atoms with Crippen LogP contribution in [-0.2, 0) is 4.79 Å². The first kappa shape index (κ1) is 24.6. The van der Waals surface area contributed by atoms with Crippen molar-refractivity contribution in [2.45, 2.75) is 58.3 Å². The van der Waals surface area contributed by atoms with E-state index in [0.717, 1.165) is 52.0 Å². The van der Waals surface area contributed by atoms with Gasteiger partial charge in [-0.15, -0.1) is 12.4 Å². The highest BCUT2D eigenvalue weighted by Crippen LogP contribution is 2.11. The van der Waals surface area contributed by atoms with Crippen LogP contribution in [-0.4, -0.2) is 54.2 Å². The Morgan fingerprint density at radius 1 is 0.893 bits per heavy atom. The maximum absolute atomic E-state index is 12.9. The van der Waals surface area contributed by atoms with Crippen LogP contribution >= 0.6 is 12.4 Å². The standard InChI is InChI=1S/C22H33FN2O2.ClH/c1-2-3-4-5-6-9-22(27)25-17-15-24(16-18-25)14-7-8-21(26)19-10-12-20(23)13-11-19;/h10-13H,2-9,14-18H2,1H3;1H. The van der Waals surface area contributed by atoms with E-state index < -0.39 is 0 Å². The van der Waals surface area contributed by atoms with Gasteiger partial charge in [-0.1, -0.05) is 32.6 Å². The van der Waals surface area contributed by atoms with Crippen LogP contribution in [0.1, 0.15) is 68.6 Å². The van der Waals surface area contributed by atoms with Crippen LogP contribution in [0.25, 0.3) is 0 Å². The average Bonchev–Trinajstić information content (AvgIpc) is 2.68. The number of rotatable bonds is 11. The summed E-state index contributed by atoms with van der Waals surface area (Å²) in [7, 11) is 0. The van der Waals surface area contributed by atoms with Gasteiger partial charge in [-0.05, 0) is 43.7 Å². The number of unbranched alkanes of at least 4 members (excludes halogenated alkanes) is 4. The minimum absolute atomic E-state index is 0. The third kappa shape index (κ3) is 8.70. The van der Waals surface area contributed by atoms with E-state index in [-0.39, 0.29) is 29.9 Å². The van der Waals surface area contributed by atoms with E-state index in [1.807, 2.05) is 4.90 Å². The molecule has 1 aliphatic rings. The number of hydrogen-bond donors (Lipinski definition) is 0. The Bertz CT molecular complexity index is 587. The second kappa shape index (κ2) is 13.7. The van der Waals surface area contributed by atoms with Crippen molar-refractivity contribution >= 4 is 24.1 Å². The topological polar surface area (TPSA) is 40.6 Å². The highest BCUT2D eigenvalue weighted by Gasteiger charge is 2.20. The fraction of sp³-hybridized carbons (Fsp3) is 0.636. The SMILES string of the molecule is CCCCCCCC(=O)N1CCN(CCCC(=O)c2ccc(F)cc2)CC1.Cl. The van der Waals surface area contributed by atoms with Gasteiger partial charge < -0.3 is 4.90 Å². The first-order valence-corrected chi connectivity index (χ1v) is 10.4. The summed E-state index contributed by atoms with van der Waals surface area (Å²) in [6.45, 7) is 6.41. The van der Waals surface area contributed by atoms with Gasteiger partial charge in [0.25, 0.3) is 0 Å². The molecule has 1 aromatic rings. The van der Waals surface area contributed by atoms with Gasteiger partial charge >= 0.3 is 0 Å². The molecule has 1 fully saturated rings. The predicted molar refractivity (Wildman–Crippen MR) is 114 cm³/mol. The molecule has 0 aliphatic carbocycles. The minimum Gasteiger partial charge on any atom is -0.340 e. The van der Waals surface area contributed by atoms with Gasteiger partial charge in [-0.3, -0.25) is 14.5 Å². The average molecular weight is 413 g/mol. The Balaban J connectivity index is 0.00000392. The molecular formula is C22H34ClFN2O2. The molecule has 0 atom stereocenters. The van der Waals surface area contributed by atoms with E-state index in [1.54, 1.807) is 12.1 Å². The summed E-state index contributed by atoms with van der Waals surface area (Å²) in [5.74, 6) is 0.0319. The molecule has 158 valence electrons. The fourth-order valence-corrected chi connectivity index (χ4v) is 3.50. The smallest absolute Gasteiger partial charge is 0.222 e. The number of carbonyl (C=O) groups is 2. The van der Waals surface area contributed by atoms with Crippen LogP contribution in [0, 0.1) is 5.82 Å². The summed E-state index contributed by atoms with van der Waals surface area (Å²) in [4.78, 5) is 28.7. The van der Waals surface area contributed by atoms with Crippen molar-refractivity contribution in [3.05, 3.63) is 35.6 Å². The molecule has 0 N–H and O–H groups in total. The second-order valence-electron chi connectivity index (χ2n) is 7.42. The van der Waals surface area contributed by atoms with Crippen LogP contribution < -0.4 is 0 Å². The van der Waals surface area contributed by atoms with E-state index in [4.69, 9.17) is 0 Å². The third-order valence-electron chi connectivity index (χ3n) is 5.26. The molecule has 6 heteroatoms. The van der Waals surface area contributed by atoms with E-state index in [9.17, 15) is 14.0 Å². The zero-order valence-corrected chi connectivity index (χ0v) is 17.8. The van der Waals surface area contributed by atoms with Gasteiger partial charge in [0.2, 0.25) is 5.91 Å². The summed E-state index contributed by atoms with van der Waals surface area (Å²) < 4.78 is 12.9. The van der Waals surface area contributed by atoms with Gasteiger partial charge in [0.15, 0.2) is 5.78 Å². The van der Waals surface area contributed by atoms with E-state index in [1.165, 1.54) is 31.4 Å². The molecule has 1 saturated heterocycles. The Morgan fingerprint density at radius 2 is 1.54 bits per heavy atom. The van der Waals surface area contributed by atoms with Crippen LogP contribution in [0.15, 0.2) is 24.3 Å². The fourth-order valence-electron chi connectivity index (χ4n) is 3.50. The summed E-state index contributed by atoms with van der Waals surface area (Å²) in [5.41, 5.74) is 0.575. The number of hydrogen-bond acceptors (Lipinski definition) is 3. The summed E-state index contributed by atoms with van der Waals surface area (Å²) in [6, 6.07) is 5.75. The lowest BCUT2D eigenvalue weighted by atomic mass is 10.1. The molecule has 0 radical (unpaired) electrons. The number of carbonyl (C=O) groups excluding carboxylic acids is 2. The van der Waals surface area contributed by atoms with Crippen LogP contribution in [0.5, 0.6) is 0 Å². The maximum atomic E-state index is 12.9. The maximum Gasteiger partial charge on any atom is 0.222 e. The van der Waals surface area contributed by atoms with Gasteiger partial charge in [0.05, 0.1) is 0 Å². The third-order valence-corrected chi connectivity index (χ3v) is 5.26. The first-order chi connectivity index (χ1) is 13.1. The normalized spacial score (nSPS) is 14.6. The summed E-state index contributed by atoms with van der Waals surface area (Å²) >= 11 is 0. The highest BCUT2D eigenvalue weighted by molar-refractivity contribution is 5.95. The first-order valence-electron chi connectivity index (χ1n) is 10.4. The van der Waals surface area contributed by atoms with Crippen molar-refractivity contribution in [1.82, 2.24) is 9.80 Å². The molecule has 0 saturated carbocycles. The molecular weight excluding hydrogens is 379 g/mol. The van der Waals surface area contributed by atoms with Crippen molar-refractivity contribution < 1.29 is 14.0 Å². The molecule has 1 heterocycles. The van der Waals surface area contributed by atoms with Gasteiger partial charge in [-0.25, -0.2) is 4.39 Å². The number of nitrogens with zero attached hydrogens (tertiary/aromatic N) is 2. The molecule has 2 rings (SSSR count). The Morgan fingerprint density at radius 3 is 2.18 bits per heavy atom. The second-order valence-corrected chi connectivity index (χ2v) is 7.42. The predicted octanol–water partition coefficient (Wildman–Crippen LogP) is 4.72. The molecule has 1 aromatic carbocycles. The monoisotopic (exact) mass is 412 g/mol. The molecule has 0 spiro atoms. The Hall–Kier alpha value is -1.46. The van der Waals surface area contributed by atoms with Crippen LogP contribution in [0.4, 0.5) is 4.39 Å². The van der Waals surface area contributed by atoms with Gasteiger partial charge in [0.1, 0.15) is 5.82 Å². The summed E-state index contributed by atoms with van der Waals surface area (Å²) in [6.07, 6.45) is 7.82. The quantitative estimate of drug-likeness (QED) is 0.390. The zero-order valence-electron chi connectivity index (χ0n) is 17.0. The number of Topliss-reactive ketones (excluding diaryl/α,β-unsaturated/α-hetero) is 1. The highest BCUT2D eigenvalue weighted by atomic mass is 35.5. The number of ketones is 1. The van der Waals surface area contributed by atoms with Gasteiger partial charge in [-0.2, -0.15) is 0 Å². The molecule has 28 heavy (non-hydrogen) atoms. The van der Waals surface area contributed by atoms with Crippen LogP contribution in [0.3, 0.4) is 0 Å². The van der Waals surface area contributed by atoms with E-state index >= 15 is 0 Å². The lowest BCUT2D eigenvalue weighted by Crippen LogP contribution is -2.48. The molecule has 0 unspecified atom stereocenters. The van der Waals surface area contributed by atoms with Crippen LogP contribution in [0.2, 0.25) is 0 Å². The van der Waals surface area contributed by atoms with Crippen molar-refractivity contribution in [1.29, 1.82) is 0 Å². The molecule has 4 nitrogen and oxygen atoms in total. The molecule has 0 bridgehead atoms. The summed E-state index contributed by atoms with van der Waals surface area (Å²) in [5, 5.41) is 0. The zero-order chi connectivity index (χ0) is 19.5. The number of halogens is 2. The molecule has 1 aliphatic heterocycles. The van der Waals surface area contributed by atoms with Crippen molar-refractivity contribution in [2.75, 3.05) is 32.7 Å². The number of piperazine rings is 1. The minimum atomic E-state index is -0.320. The number of amides is 1. The van der Waals surface area contributed by atoms with Crippen molar-refractivity contribution in [3.8, 4) is 0 Å². The Labute approximate surface area is 174 Å². The van der Waals surface area contributed by atoms with Crippen molar-refractivity contribution in [3.63, 3.8) is 0 Å². The molecule has 1 amide bonds.